The zero-order valence-electron chi connectivity index (χ0n) is 12.2. The zero-order valence-corrected chi connectivity index (χ0v) is 12.2. The van der Waals surface area contributed by atoms with Crippen molar-refractivity contribution in [2.45, 2.75) is 57.3 Å². The normalized spacial score (nSPS) is 21.2. The van der Waals surface area contributed by atoms with Crippen molar-refractivity contribution in [3.05, 3.63) is 0 Å². The lowest BCUT2D eigenvalue weighted by atomic mass is 9.98. The lowest BCUT2D eigenvalue weighted by Gasteiger charge is -2.24. The topological polar surface area (TPSA) is 44.7 Å². The van der Waals surface area contributed by atoms with E-state index in [-0.39, 0.29) is 0 Å². The molecule has 0 amide bonds. The van der Waals surface area contributed by atoms with E-state index in [1.165, 1.54) is 19.3 Å². The van der Waals surface area contributed by atoms with Crippen LogP contribution in [0.25, 0.3) is 0 Å². The second-order valence-corrected chi connectivity index (χ2v) is 5.82. The molecule has 108 valence electrons. The maximum absolute atomic E-state index is 9.86. The van der Waals surface area contributed by atoms with Crippen molar-refractivity contribution < 1.29 is 9.84 Å². The molecule has 0 radical (unpaired) electrons. The number of rotatable bonds is 8. The fourth-order valence-corrected chi connectivity index (χ4v) is 2.49. The van der Waals surface area contributed by atoms with Crippen LogP contribution in [0.1, 0.15) is 39.0 Å². The molecule has 2 N–H and O–H groups in total. The van der Waals surface area contributed by atoms with Crippen LogP contribution in [0.3, 0.4) is 0 Å². The molecule has 18 heavy (non-hydrogen) atoms. The van der Waals surface area contributed by atoms with E-state index in [1.807, 2.05) is 0 Å². The molecule has 1 saturated carbocycles. The standard InChI is InChI=1S/C14H30N2O2/c1-12(10-16(2)3)15-9-13(17)11-18-14-7-5-4-6-8-14/h12-15,17H,4-11H2,1-3H3. The maximum Gasteiger partial charge on any atom is 0.0897 e. The van der Waals surface area contributed by atoms with Gasteiger partial charge in [-0.25, -0.2) is 0 Å². The smallest absolute Gasteiger partial charge is 0.0897 e. The molecular weight excluding hydrogens is 228 g/mol. The van der Waals surface area contributed by atoms with Gasteiger partial charge in [0, 0.05) is 19.1 Å². The van der Waals surface area contributed by atoms with Crippen molar-refractivity contribution in [2.24, 2.45) is 0 Å². The van der Waals surface area contributed by atoms with E-state index in [1.54, 1.807) is 0 Å². The first-order chi connectivity index (χ1) is 8.58. The Bertz CT molecular complexity index is 206. The molecule has 0 spiro atoms. The molecule has 4 heteroatoms. The number of aliphatic hydroxyl groups is 1. The predicted molar refractivity (Wildman–Crippen MR) is 74.9 cm³/mol. The summed E-state index contributed by atoms with van der Waals surface area (Å²) in [6.45, 7) is 4.19. The molecule has 0 aliphatic heterocycles. The summed E-state index contributed by atoms with van der Waals surface area (Å²) in [5.41, 5.74) is 0. The summed E-state index contributed by atoms with van der Waals surface area (Å²) in [7, 11) is 4.11. The third-order valence-corrected chi connectivity index (χ3v) is 3.42. The first-order valence-electron chi connectivity index (χ1n) is 7.25. The second kappa shape index (κ2) is 8.86. The van der Waals surface area contributed by atoms with Gasteiger partial charge in [0.15, 0.2) is 0 Å². The van der Waals surface area contributed by atoms with Gasteiger partial charge in [-0.05, 0) is 33.9 Å². The van der Waals surface area contributed by atoms with Crippen molar-refractivity contribution in [3.63, 3.8) is 0 Å². The highest BCUT2D eigenvalue weighted by molar-refractivity contribution is 4.69. The Morgan fingerprint density at radius 1 is 1.28 bits per heavy atom. The fourth-order valence-electron chi connectivity index (χ4n) is 2.49. The van der Waals surface area contributed by atoms with Crippen LogP contribution in [0.2, 0.25) is 0 Å². The molecule has 0 saturated heterocycles. The molecule has 1 aliphatic carbocycles. The van der Waals surface area contributed by atoms with Crippen LogP contribution < -0.4 is 5.32 Å². The molecular formula is C14H30N2O2. The Labute approximate surface area is 112 Å². The van der Waals surface area contributed by atoms with E-state index in [0.29, 0.717) is 25.3 Å². The molecule has 0 aromatic rings. The summed E-state index contributed by atoms with van der Waals surface area (Å²) in [5, 5.41) is 13.2. The van der Waals surface area contributed by atoms with Crippen LogP contribution in [0.5, 0.6) is 0 Å². The Morgan fingerprint density at radius 2 is 1.94 bits per heavy atom. The highest BCUT2D eigenvalue weighted by atomic mass is 16.5. The monoisotopic (exact) mass is 258 g/mol. The van der Waals surface area contributed by atoms with Crippen LogP contribution in [0.15, 0.2) is 0 Å². The highest BCUT2D eigenvalue weighted by Gasteiger charge is 2.15. The molecule has 2 atom stereocenters. The van der Waals surface area contributed by atoms with Crippen LogP contribution >= 0.6 is 0 Å². The van der Waals surface area contributed by atoms with Gasteiger partial charge >= 0.3 is 0 Å². The molecule has 1 rings (SSSR count). The molecule has 0 heterocycles. The number of ether oxygens (including phenoxy) is 1. The van der Waals surface area contributed by atoms with E-state index >= 15 is 0 Å². The SMILES string of the molecule is CC(CN(C)C)NCC(O)COC1CCCCC1. The second-order valence-electron chi connectivity index (χ2n) is 5.82. The van der Waals surface area contributed by atoms with Crippen LogP contribution in [0.4, 0.5) is 0 Å². The molecule has 0 bridgehead atoms. The molecule has 1 aliphatic rings. The van der Waals surface area contributed by atoms with Gasteiger partial charge in [-0.2, -0.15) is 0 Å². The first-order valence-corrected chi connectivity index (χ1v) is 7.25. The third-order valence-electron chi connectivity index (χ3n) is 3.42. The molecule has 1 fully saturated rings. The van der Waals surface area contributed by atoms with Gasteiger partial charge in [-0.3, -0.25) is 0 Å². The van der Waals surface area contributed by atoms with Gasteiger partial charge in [-0.1, -0.05) is 19.3 Å². The average Bonchev–Trinajstić information content (AvgIpc) is 2.34. The van der Waals surface area contributed by atoms with Crippen molar-refractivity contribution in [1.82, 2.24) is 10.2 Å². The van der Waals surface area contributed by atoms with Crippen molar-refractivity contribution in [2.75, 3.05) is 33.8 Å². The minimum Gasteiger partial charge on any atom is -0.389 e. The van der Waals surface area contributed by atoms with Crippen molar-refractivity contribution in [3.8, 4) is 0 Å². The van der Waals surface area contributed by atoms with Gasteiger partial charge < -0.3 is 20.1 Å². The summed E-state index contributed by atoms with van der Waals surface area (Å²) < 4.78 is 5.76. The van der Waals surface area contributed by atoms with Gasteiger partial charge in [0.2, 0.25) is 0 Å². The molecule has 0 aromatic heterocycles. The van der Waals surface area contributed by atoms with Crippen LogP contribution in [0, 0.1) is 0 Å². The molecule has 2 unspecified atom stereocenters. The lowest BCUT2D eigenvalue weighted by Crippen LogP contribution is -2.41. The highest BCUT2D eigenvalue weighted by Crippen LogP contribution is 2.20. The summed E-state index contributed by atoms with van der Waals surface area (Å²) in [6, 6.07) is 0.393. The summed E-state index contributed by atoms with van der Waals surface area (Å²) in [6.07, 6.45) is 6.21. The van der Waals surface area contributed by atoms with E-state index in [2.05, 4.69) is 31.2 Å². The van der Waals surface area contributed by atoms with E-state index in [0.717, 1.165) is 19.4 Å². The van der Waals surface area contributed by atoms with Gasteiger partial charge in [0.1, 0.15) is 0 Å². The first kappa shape index (κ1) is 15.9. The molecule has 4 nitrogen and oxygen atoms in total. The third kappa shape index (κ3) is 7.31. The Kier molecular flexibility index (Phi) is 7.82. The van der Waals surface area contributed by atoms with E-state index in [9.17, 15) is 5.11 Å². The lowest BCUT2D eigenvalue weighted by molar-refractivity contribution is -0.0236. The Morgan fingerprint density at radius 3 is 2.56 bits per heavy atom. The quantitative estimate of drug-likeness (QED) is 0.687. The minimum atomic E-state index is -0.392. The van der Waals surface area contributed by atoms with E-state index < -0.39 is 6.10 Å². The maximum atomic E-state index is 9.86. The predicted octanol–water partition coefficient (Wildman–Crippen LogP) is 1.24. The van der Waals surface area contributed by atoms with E-state index in [4.69, 9.17) is 4.74 Å². The summed E-state index contributed by atoms with van der Waals surface area (Å²) >= 11 is 0. The number of hydrogen-bond donors (Lipinski definition) is 2. The number of aliphatic hydroxyl groups excluding tert-OH is 1. The van der Waals surface area contributed by atoms with Gasteiger partial charge in [-0.15, -0.1) is 0 Å². The van der Waals surface area contributed by atoms with Crippen LogP contribution in [-0.4, -0.2) is 62.0 Å². The van der Waals surface area contributed by atoms with Gasteiger partial charge in [0.25, 0.3) is 0 Å². The number of likely N-dealkylation sites (N-methyl/N-ethyl adjacent to an activating group) is 1. The zero-order chi connectivity index (χ0) is 13.4. The number of hydrogen-bond acceptors (Lipinski definition) is 4. The number of nitrogens with one attached hydrogen (secondary N) is 1. The van der Waals surface area contributed by atoms with Gasteiger partial charge in [0.05, 0.1) is 18.8 Å². The summed E-state index contributed by atoms with van der Waals surface area (Å²) in [4.78, 5) is 2.14. The summed E-state index contributed by atoms with van der Waals surface area (Å²) in [5.74, 6) is 0. The molecule has 0 aromatic carbocycles. The minimum absolute atomic E-state index is 0.382. The Hall–Kier alpha value is -0.160. The van der Waals surface area contributed by atoms with Crippen molar-refractivity contribution in [1.29, 1.82) is 0 Å². The largest absolute Gasteiger partial charge is 0.389 e. The fraction of sp³-hybridized carbons (Fsp3) is 1.00. The van der Waals surface area contributed by atoms with Crippen LogP contribution in [-0.2, 0) is 4.74 Å². The average molecular weight is 258 g/mol. The van der Waals surface area contributed by atoms with Crippen molar-refractivity contribution >= 4 is 0 Å². The number of nitrogens with zero attached hydrogens (tertiary/aromatic N) is 1. The Balaban J connectivity index is 2.04.